The lowest BCUT2D eigenvalue weighted by molar-refractivity contribution is -0.147. The Morgan fingerprint density at radius 2 is 1.62 bits per heavy atom. The molecule has 1 heterocycles. The number of primary amides is 1. The van der Waals surface area contributed by atoms with Crippen LogP contribution in [0.5, 0.6) is 0 Å². The van der Waals surface area contributed by atoms with Gasteiger partial charge >= 0.3 is 11.9 Å². The average Bonchev–Trinajstić information content (AvgIpc) is 3.40. The number of carboxylic acids is 2. The number of hydrogen-bond acceptors (Lipinski definition) is 11. The van der Waals surface area contributed by atoms with Gasteiger partial charge in [0.25, 0.3) is 0 Å². The predicted octanol–water partition coefficient (Wildman–Crippen LogP) is -5.93. The number of carbonyl (C=O) groups is 8. The molecule has 0 aliphatic carbocycles. The molecule has 6 amide bonds. The van der Waals surface area contributed by atoms with Crippen molar-refractivity contribution in [3.63, 3.8) is 0 Å². The van der Waals surface area contributed by atoms with Crippen molar-refractivity contribution in [2.45, 2.75) is 75.3 Å². The molecule has 0 aromatic heterocycles. The monoisotopic (exact) mass is 603 g/mol. The molecule has 1 fully saturated rings. The highest BCUT2D eigenvalue weighted by Gasteiger charge is 2.40. The summed E-state index contributed by atoms with van der Waals surface area (Å²) in [4.78, 5) is 97.4. The Balaban J connectivity index is 2.83. The first-order chi connectivity index (χ1) is 19.6. The largest absolute Gasteiger partial charge is 0.481 e. The Kier molecular flexibility index (Phi) is 14.3. The number of nitrogens with zero attached hydrogens (tertiary/aromatic N) is 1. The second kappa shape index (κ2) is 16.8. The number of carbonyl (C=O) groups excluding carboxylic acids is 6. The lowest BCUT2D eigenvalue weighted by atomic mass is 10.1. The first kappa shape index (κ1) is 35.7. The maximum atomic E-state index is 13.2. The number of nitrogens with two attached hydrogens (primary N) is 2. The van der Waals surface area contributed by atoms with Crippen LogP contribution in [0.25, 0.3) is 0 Å². The minimum absolute atomic E-state index is 0.0255. The van der Waals surface area contributed by atoms with Gasteiger partial charge in [0.1, 0.15) is 18.1 Å². The van der Waals surface area contributed by atoms with Gasteiger partial charge < -0.3 is 58.1 Å². The third-order valence-corrected chi connectivity index (χ3v) is 6.17. The van der Waals surface area contributed by atoms with Crippen LogP contribution in [0.15, 0.2) is 0 Å². The Bertz CT molecular complexity index is 1050. The molecule has 1 rings (SSSR count). The highest BCUT2D eigenvalue weighted by molar-refractivity contribution is 5.97. The van der Waals surface area contributed by atoms with Gasteiger partial charge in [-0.3, -0.25) is 33.6 Å². The van der Waals surface area contributed by atoms with E-state index >= 15 is 0 Å². The van der Waals surface area contributed by atoms with Crippen LogP contribution in [0.2, 0.25) is 0 Å². The SMILES string of the molecule is C[C@@H](O)[C@H](NC(=O)[C@@H]1CCCN1C(=O)[C@H](CC(N)=O)NC(=O)CNC(=O)[C@H](CO)NC(=O)[C@@H](N)CCC(=O)O)C(=O)O. The summed E-state index contributed by atoms with van der Waals surface area (Å²) in [7, 11) is 0. The van der Waals surface area contributed by atoms with Gasteiger partial charge in [-0.05, 0) is 26.2 Å². The Morgan fingerprint density at radius 3 is 2.14 bits per heavy atom. The van der Waals surface area contributed by atoms with Crippen LogP contribution in [0, 0.1) is 0 Å². The number of aliphatic hydroxyl groups is 2. The molecule has 6 atom stereocenters. The van der Waals surface area contributed by atoms with Crippen LogP contribution in [0.1, 0.15) is 39.0 Å². The van der Waals surface area contributed by atoms with E-state index in [1.165, 1.54) is 0 Å². The number of amides is 6. The fourth-order valence-electron chi connectivity index (χ4n) is 3.96. The van der Waals surface area contributed by atoms with E-state index in [0.717, 1.165) is 11.8 Å². The van der Waals surface area contributed by atoms with Gasteiger partial charge in [0.15, 0.2) is 6.04 Å². The van der Waals surface area contributed by atoms with Crippen molar-refractivity contribution in [1.29, 1.82) is 0 Å². The van der Waals surface area contributed by atoms with Gasteiger partial charge in [0.05, 0.1) is 31.7 Å². The number of aliphatic hydroxyl groups excluding tert-OH is 2. The molecule has 42 heavy (non-hydrogen) atoms. The molecule has 0 saturated carbocycles. The summed E-state index contributed by atoms with van der Waals surface area (Å²) >= 11 is 0. The molecule has 0 spiro atoms. The number of hydrogen-bond donors (Lipinski definition) is 10. The van der Waals surface area contributed by atoms with Crippen LogP contribution in [0.3, 0.4) is 0 Å². The molecule has 0 radical (unpaired) electrons. The molecule has 12 N–H and O–H groups in total. The summed E-state index contributed by atoms with van der Waals surface area (Å²) in [5.41, 5.74) is 10.8. The fraction of sp³-hybridized carbons (Fsp3) is 0.652. The molecular formula is C23H37N7O12. The van der Waals surface area contributed by atoms with Crippen LogP contribution in [0.4, 0.5) is 0 Å². The lowest BCUT2D eigenvalue weighted by Crippen LogP contribution is -2.58. The van der Waals surface area contributed by atoms with Crippen molar-refractivity contribution in [3.8, 4) is 0 Å². The van der Waals surface area contributed by atoms with Gasteiger partial charge in [-0.1, -0.05) is 0 Å². The zero-order valence-electron chi connectivity index (χ0n) is 22.8. The van der Waals surface area contributed by atoms with Gasteiger partial charge in [0, 0.05) is 13.0 Å². The molecule has 19 heteroatoms. The lowest BCUT2D eigenvalue weighted by Gasteiger charge is -2.29. The fourth-order valence-corrected chi connectivity index (χ4v) is 3.96. The summed E-state index contributed by atoms with van der Waals surface area (Å²) in [5.74, 6) is -8.36. The zero-order chi connectivity index (χ0) is 32.1. The Morgan fingerprint density at radius 1 is 0.976 bits per heavy atom. The smallest absolute Gasteiger partial charge is 0.328 e. The Labute approximate surface area is 239 Å². The summed E-state index contributed by atoms with van der Waals surface area (Å²) < 4.78 is 0. The molecule has 19 nitrogen and oxygen atoms in total. The second-order valence-electron chi connectivity index (χ2n) is 9.55. The van der Waals surface area contributed by atoms with E-state index in [-0.39, 0.29) is 19.4 Å². The van der Waals surface area contributed by atoms with Crippen LogP contribution < -0.4 is 32.7 Å². The van der Waals surface area contributed by atoms with E-state index in [1.54, 1.807) is 0 Å². The number of nitrogens with one attached hydrogen (secondary N) is 4. The summed E-state index contributed by atoms with van der Waals surface area (Å²) in [6.07, 6.45) is -2.31. The number of aliphatic carboxylic acids is 2. The first-order valence-electron chi connectivity index (χ1n) is 12.8. The maximum absolute atomic E-state index is 13.2. The van der Waals surface area contributed by atoms with Crippen molar-refractivity contribution in [2.24, 2.45) is 11.5 Å². The molecule has 0 bridgehead atoms. The van der Waals surface area contributed by atoms with Crippen molar-refractivity contribution in [3.05, 3.63) is 0 Å². The van der Waals surface area contributed by atoms with E-state index in [4.69, 9.17) is 16.6 Å². The van der Waals surface area contributed by atoms with Crippen molar-refractivity contribution >= 4 is 47.4 Å². The van der Waals surface area contributed by atoms with Crippen LogP contribution >= 0.6 is 0 Å². The average molecular weight is 604 g/mol. The van der Waals surface area contributed by atoms with E-state index in [1.807, 2.05) is 0 Å². The first-order valence-corrected chi connectivity index (χ1v) is 12.8. The summed E-state index contributed by atoms with van der Waals surface area (Å²) in [5, 5.41) is 45.5. The molecule has 0 aromatic rings. The highest BCUT2D eigenvalue weighted by Crippen LogP contribution is 2.20. The molecule has 0 aromatic carbocycles. The van der Waals surface area contributed by atoms with Gasteiger partial charge in [0.2, 0.25) is 35.4 Å². The van der Waals surface area contributed by atoms with Gasteiger partial charge in [-0.2, -0.15) is 0 Å². The topological polar surface area (TPSA) is 321 Å². The standard InChI is InChI=1S/C23H37N7O12/c1-10(32)18(23(41)42)29-21(39)14-3-2-6-30(14)22(40)12(7-15(25)33)27-16(34)8-26-20(38)13(9-31)28-19(37)11(24)4-5-17(35)36/h10-14,18,31-32H,2-9,24H2,1H3,(H2,25,33)(H,26,38)(H,27,34)(H,28,37)(H,29,39)(H,35,36)(H,41,42)/t10-,11+,12+,13+,14+,18+/m1/s1. The molecule has 236 valence electrons. The number of rotatable bonds is 17. The van der Waals surface area contributed by atoms with Crippen LogP contribution in [-0.4, -0.2) is 129 Å². The second-order valence-corrected chi connectivity index (χ2v) is 9.55. The molecule has 1 aliphatic rings. The minimum atomic E-state index is -1.65. The van der Waals surface area contributed by atoms with Gasteiger partial charge in [-0.15, -0.1) is 0 Å². The van der Waals surface area contributed by atoms with E-state index in [9.17, 15) is 53.7 Å². The normalized spacial score (nSPS) is 18.0. The molecular weight excluding hydrogens is 566 g/mol. The van der Waals surface area contributed by atoms with E-state index in [2.05, 4.69) is 21.3 Å². The highest BCUT2D eigenvalue weighted by atomic mass is 16.4. The Hall–Kier alpha value is -4.36. The van der Waals surface area contributed by atoms with Crippen molar-refractivity contribution in [1.82, 2.24) is 26.2 Å². The zero-order valence-corrected chi connectivity index (χ0v) is 22.8. The van der Waals surface area contributed by atoms with Crippen molar-refractivity contribution in [2.75, 3.05) is 19.7 Å². The predicted molar refractivity (Wildman–Crippen MR) is 139 cm³/mol. The third kappa shape index (κ3) is 11.3. The number of likely N-dealkylation sites (tertiary alicyclic amines) is 1. The molecule has 1 saturated heterocycles. The number of carboxylic acid groups (broad SMARTS) is 2. The van der Waals surface area contributed by atoms with Crippen LogP contribution in [-0.2, 0) is 38.4 Å². The van der Waals surface area contributed by atoms with E-state index < -0.39 is 110 Å². The third-order valence-electron chi connectivity index (χ3n) is 6.17. The van der Waals surface area contributed by atoms with Crippen molar-refractivity contribution < 1.29 is 58.8 Å². The quantitative estimate of drug-likeness (QED) is 0.0741. The van der Waals surface area contributed by atoms with E-state index in [0.29, 0.717) is 6.42 Å². The summed E-state index contributed by atoms with van der Waals surface area (Å²) in [6.45, 7) is -0.499. The van der Waals surface area contributed by atoms with Gasteiger partial charge in [-0.25, -0.2) is 4.79 Å². The molecule has 0 unspecified atom stereocenters. The minimum Gasteiger partial charge on any atom is -0.481 e. The molecule has 1 aliphatic heterocycles. The summed E-state index contributed by atoms with van der Waals surface area (Å²) in [6, 6.07) is -7.21. The maximum Gasteiger partial charge on any atom is 0.328 e.